The average molecular weight is 280 g/mol. The van der Waals surface area contributed by atoms with Crippen molar-refractivity contribution < 1.29 is 18.0 Å². The highest BCUT2D eigenvalue weighted by molar-refractivity contribution is 5.79. The van der Waals surface area contributed by atoms with Crippen LogP contribution in [0, 0.1) is 11.8 Å². The van der Waals surface area contributed by atoms with E-state index in [2.05, 4.69) is 0 Å². The number of alkyl halides is 3. The third-order valence-electron chi connectivity index (χ3n) is 3.81. The van der Waals surface area contributed by atoms with Crippen LogP contribution in [0.1, 0.15) is 40.0 Å². The van der Waals surface area contributed by atoms with Gasteiger partial charge in [-0.1, -0.05) is 6.92 Å². The molecule has 2 N–H and O–H groups in total. The highest BCUT2D eigenvalue weighted by atomic mass is 19.4. The first-order chi connectivity index (χ1) is 8.61. The zero-order valence-corrected chi connectivity index (χ0v) is 11.7. The number of hydrogen-bond acceptors (Lipinski definition) is 2. The van der Waals surface area contributed by atoms with Crippen LogP contribution in [0.4, 0.5) is 13.2 Å². The summed E-state index contributed by atoms with van der Waals surface area (Å²) >= 11 is 0. The summed E-state index contributed by atoms with van der Waals surface area (Å²) in [6.07, 6.45) is -2.23. The van der Waals surface area contributed by atoms with E-state index in [1.165, 1.54) is 0 Å². The minimum Gasteiger partial charge on any atom is -0.331 e. The SMILES string of the molecule is CC1CCC(N)CC1C(=O)N(CC(F)(F)F)C(C)C. The van der Waals surface area contributed by atoms with Gasteiger partial charge in [-0.15, -0.1) is 0 Å². The fraction of sp³-hybridized carbons (Fsp3) is 0.923. The fourth-order valence-corrected chi connectivity index (χ4v) is 2.62. The largest absolute Gasteiger partial charge is 0.406 e. The van der Waals surface area contributed by atoms with Crippen LogP contribution in [0.15, 0.2) is 0 Å². The molecule has 1 amide bonds. The van der Waals surface area contributed by atoms with E-state index in [-0.39, 0.29) is 17.9 Å². The standard InChI is InChI=1S/C13H23F3N2O/c1-8(2)18(7-13(14,15)16)12(19)11-6-10(17)5-4-9(11)3/h8-11H,4-7,17H2,1-3H3. The van der Waals surface area contributed by atoms with E-state index >= 15 is 0 Å². The maximum Gasteiger partial charge on any atom is 0.406 e. The van der Waals surface area contributed by atoms with Gasteiger partial charge >= 0.3 is 6.18 Å². The van der Waals surface area contributed by atoms with Gasteiger partial charge in [0.1, 0.15) is 6.54 Å². The molecule has 3 atom stereocenters. The molecule has 0 spiro atoms. The Kier molecular flexibility index (Phi) is 5.24. The molecule has 3 unspecified atom stereocenters. The van der Waals surface area contributed by atoms with Gasteiger partial charge in [0, 0.05) is 18.0 Å². The molecule has 0 radical (unpaired) electrons. The molecule has 1 fully saturated rings. The van der Waals surface area contributed by atoms with Crippen LogP contribution in [0.25, 0.3) is 0 Å². The minimum atomic E-state index is -4.36. The van der Waals surface area contributed by atoms with E-state index in [0.29, 0.717) is 6.42 Å². The molecule has 1 aliphatic rings. The second-order valence-corrected chi connectivity index (χ2v) is 5.83. The molecule has 1 aliphatic carbocycles. The number of carbonyl (C=O) groups excluding carboxylic acids is 1. The van der Waals surface area contributed by atoms with Gasteiger partial charge in [0.15, 0.2) is 0 Å². The molecule has 3 nitrogen and oxygen atoms in total. The molecule has 0 aromatic heterocycles. The van der Waals surface area contributed by atoms with Crippen LogP contribution in [0.3, 0.4) is 0 Å². The van der Waals surface area contributed by atoms with E-state index in [1.54, 1.807) is 13.8 Å². The summed E-state index contributed by atoms with van der Waals surface area (Å²) in [6, 6.07) is -0.537. The Hall–Kier alpha value is -0.780. The van der Waals surface area contributed by atoms with Crippen LogP contribution in [-0.4, -0.2) is 35.6 Å². The summed E-state index contributed by atoms with van der Waals surface area (Å²) in [5.41, 5.74) is 5.84. The number of nitrogens with two attached hydrogens (primary N) is 1. The first-order valence-corrected chi connectivity index (χ1v) is 6.74. The quantitative estimate of drug-likeness (QED) is 0.863. The molecule has 0 saturated heterocycles. The number of nitrogens with zero attached hydrogens (tertiary/aromatic N) is 1. The monoisotopic (exact) mass is 280 g/mol. The summed E-state index contributed by atoms with van der Waals surface area (Å²) in [5, 5.41) is 0. The Balaban J connectivity index is 2.81. The number of carbonyl (C=O) groups is 1. The molecular weight excluding hydrogens is 257 g/mol. The van der Waals surface area contributed by atoms with Crippen molar-refractivity contribution in [3.05, 3.63) is 0 Å². The first kappa shape index (κ1) is 16.3. The predicted octanol–water partition coefficient (Wildman–Crippen LogP) is 2.55. The maximum absolute atomic E-state index is 12.5. The van der Waals surface area contributed by atoms with Crippen LogP contribution < -0.4 is 5.73 Å². The minimum absolute atomic E-state index is 0.0787. The van der Waals surface area contributed by atoms with E-state index in [9.17, 15) is 18.0 Å². The Morgan fingerprint density at radius 1 is 1.37 bits per heavy atom. The van der Waals surface area contributed by atoms with E-state index in [1.807, 2.05) is 6.92 Å². The fourth-order valence-electron chi connectivity index (χ4n) is 2.62. The van der Waals surface area contributed by atoms with E-state index in [4.69, 9.17) is 5.73 Å². The van der Waals surface area contributed by atoms with Gasteiger partial charge in [-0.25, -0.2) is 0 Å². The molecular formula is C13H23F3N2O. The zero-order chi connectivity index (χ0) is 14.8. The predicted molar refractivity (Wildman–Crippen MR) is 67.4 cm³/mol. The molecule has 19 heavy (non-hydrogen) atoms. The van der Waals surface area contributed by atoms with Crippen molar-refractivity contribution in [3.8, 4) is 0 Å². The van der Waals surface area contributed by atoms with Gasteiger partial charge in [-0.3, -0.25) is 4.79 Å². The zero-order valence-electron chi connectivity index (χ0n) is 11.7. The molecule has 0 aromatic rings. The van der Waals surface area contributed by atoms with Gasteiger partial charge in [-0.2, -0.15) is 13.2 Å². The van der Waals surface area contributed by atoms with Gasteiger partial charge in [0.25, 0.3) is 0 Å². The lowest BCUT2D eigenvalue weighted by Gasteiger charge is -2.37. The highest BCUT2D eigenvalue weighted by Crippen LogP contribution is 2.32. The maximum atomic E-state index is 12.5. The Morgan fingerprint density at radius 2 is 1.95 bits per heavy atom. The van der Waals surface area contributed by atoms with Crippen LogP contribution in [0.5, 0.6) is 0 Å². The third-order valence-corrected chi connectivity index (χ3v) is 3.81. The van der Waals surface area contributed by atoms with Crippen molar-refractivity contribution in [1.82, 2.24) is 4.90 Å². The summed E-state index contributed by atoms with van der Waals surface area (Å²) in [7, 11) is 0. The lowest BCUT2D eigenvalue weighted by atomic mass is 9.77. The third kappa shape index (κ3) is 4.67. The van der Waals surface area contributed by atoms with Gasteiger partial charge < -0.3 is 10.6 Å². The second kappa shape index (κ2) is 6.11. The molecule has 0 bridgehead atoms. The smallest absolute Gasteiger partial charge is 0.331 e. The first-order valence-electron chi connectivity index (χ1n) is 6.74. The number of rotatable bonds is 3. The average Bonchev–Trinajstić information content (AvgIpc) is 2.27. The van der Waals surface area contributed by atoms with Gasteiger partial charge in [0.2, 0.25) is 5.91 Å². The Labute approximate surface area is 112 Å². The molecule has 0 aromatic carbocycles. The van der Waals surface area contributed by atoms with Crippen molar-refractivity contribution in [3.63, 3.8) is 0 Å². The molecule has 6 heteroatoms. The van der Waals surface area contributed by atoms with Crippen molar-refractivity contribution in [2.24, 2.45) is 17.6 Å². The molecule has 0 heterocycles. The van der Waals surface area contributed by atoms with Crippen molar-refractivity contribution >= 4 is 5.91 Å². The summed E-state index contributed by atoms with van der Waals surface area (Å²) in [6.45, 7) is 3.95. The van der Waals surface area contributed by atoms with Crippen molar-refractivity contribution in [2.45, 2.75) is 58.3 Å². The van der Waals surface area contributed by atoms with Crippen molar-refractivity contribution in [1.29, 1.82) is 0 Å². The van der Waals surface area contributed by atoms with Crippen LogP contribution in [-0.2, 0) is 4.79 Å². The highest BCUT2D eigenvalue weighted by Gasteiger charge is 2.39. The van der Waals surface area contributed by atoms with E-state index in [0.717, 1.165) is 17.7 Å². The lowest BCUT2D eigenvalue weighted by molar-refractivity contribution is -0.169. The summed E-state index contributed by atoms with van der Waals surface area (Å²) in [5.74, 6) is -0.690. The molecule has 1 saturated carbocycles. The normalized spacial score (nSPS) is 28.5. The topological polar surface area (TPSA) is 46.3 Å². The van der Waals surface area contributed by atoms with Crippen LogP contribution >= 0.6 is 0 Å². The summed E-state index contributed by atoms with van der Waals surface area (Å²) in [4.78, 5) is 13.3. The second-order valence-electron chi connectivity index (χ2n) is 5.83. The number of hydrogen-bond donors (Lipinski definition) is 1. The van der Waals surface area contributed by atoms with Crippen LogP contribution in [0.2, 0.25) is 0 Å². The molecule has 0 aliphatic heterocycles. The molecule has 1 rings (SSSR count). The molecule has 112 valence electrons. The van der Waals surface area contributed by atoms with Gasteiger partial charge in [0.05, 0.1) is 0 Å². The Morgan fingerprint density at radius 3 is 2.42 bits per heavy atom. The van der Waals surface area contributed by atoms with Gasteiger partial charge in [-0.05, 0) is 39.0 Å². The lowest BCUT2D eigenvalue weighted by Crippen LogP contribution is -2.49. The van der Waals surface area contributed by atoms with E-state index < -0.39 is 24.7 Å². The Bertz CT molecular complexity index is 318. The van der Waals surface area contributed by atoms with Crippen molar-refractivity contribution in [2.75, 3.05) is 6.54 Å². The summed E-state index contributed by atoms with van der Waals surface area (Å²) < 4.78 is 37.6. The number of amides is 1. The number of halogens is 3.